The van der Waals surface area contributed by atoms with Crippen LogP contribution in [0, 0.1) is 5.92 Å². The Bertz CT molecular complexity index is 770. The van der Waals surface area contributed by atoms with Crippen molar-refractivity contribution in [2.24, 2.45) is 10.9 Å². The van der Waals surface area contributed by atoms with Gasteiger partial charge in [0.15, 0.2) is 17.5 Å². The van der Waals surface area contributed by atoms with Crippen molar-refractivity contribution in [1.82, 2.24) is 20.4 Å². The minimum Gasteiger partial charge on any atom is -0.493 e. The van der Waals surface area contributed by atoms with Crippen LogP contribution in [-0.4, -0.2) is 95.6 Å². The predicted molar refractivity (Wildman–Crippen MR) is 142 cm³/mol. The Morgan fingerprint density at radius 1 is 1.09 bits per heavy atom. The number of benzene rings is 1. The minimum atomic E-state index is 0. The number of nitrogens with one attached hydrogen (secondary N) is 2. The fourth-order valence-corrected chi connectivity index (χ4v) is 4.86. The highest BCUT2D eigenvalue weighted by Gasteiger charge is 2.34. The van der Waals surface area contributed by atoms with Gasteiger partial charge in [-0.3, -0.25) is 9.89 Å². The molecule has 1 aromatic rings. The molecule has 2 heterocycles. The number of ether oxygens (including phenoxy) is 3. The van der Waals surface area contributed by atoms with Crippen LogP contribution in [-0.2, 0) is 4.74 Å². The molecule has 0 aromatic heterocycles. The molecule has 3 aliphatic rings. The maximum absolute atomic E-state index is 5.59. The molecule has 2 unspecified atom stereocenters. The van der Waals surface area contributed by atoms with Gasteiger partial charge in [-0.15, -0.1) is 24.0 Å². The van der Waals surface area contributed by atoms with E-state index in [1.807, 2.05) is 13.1 Å². The number of rotatable bonds is 9. The minimum absolute atomic E-state index is 0. The number of morpholine rings is 1. The highest BCUT2D eigenvalue weighted by molar-refractivity contribution is 14.0. The monoisotopic (exact) mass is 573 g/mol. The van der Waals surface area contributed by atoms with Crippen molar-refractivity contribution in [2.75, 3.05) is 73.7 Å². The summed E-state index contributed by atoms with van der Waals surface area (Å²) in [7, 11) is 5.20. The second-order valence-corrected chi connectivity index (χ2v) is 8.99. The van der Waals surface area contributed by atoms with Crippen LogP contribution < -0.4 is 20.1 Å². The number of guanidine groups is 1. The number of methoxy groups -OCH3 is 2. The van der Waals surface area contributed by atoms with Crippen LogP contribution in [0.5, 0.6) is 11.5 Å². The summed E-state index contributed by atoms with van der Waals surface area (Å²) in [5.41, 5.74) is 1.20. The summed E-state index contributed by atoms with van der Waals surface area (Å²) in [5, 5.41) is 7.14. The number of halogens is 1. The Morgan fingerprint density at radius 3 is 2.52 bits per heavy atom. The van der Waals surface area contributed by atoms with Gasteiger partial charge >= 0.3 is 0 Å². The van der Waals surface area contributed by atoms with Crippen LogP contribution in [0.4, 0.5) is 0 Å². The van der Waals surface area contributed by atoms with Gasteiger partial charge in [-0.2, -0.15) is 0 Å². The normalized spacial score (nSPS) is 23.0. The van der Waals surface area contributed by atoms with Crippen LogP contribution in [0.25, 0.3) is 0 Å². The first-order valence-electron chi connectivity index (χ1n) is 11.9. The fraction of sp³-hybridized carbons (Fsp3) is 0.708. The van der Waals surface area contributed by atoms with Gasteiger partial charge in [0, 0.05) is 45.8 Å². The molecule has 3 fully saturated rings. The molecule has 2 aliphatic heterocycles. The van der Waals surface area contributed by atoms with Gasteiger partial charge < -0.3 is 29.7 Å². The second kappa shape index (κ2) is 13.0. The van der Waals surface area contributed by atoms with Crippen LogP contribution in [0.2, 0.25) is 0 Å². The molecule has 1 aromatic carbocycles. The molecule has 33 heavy (non-hydrogen) atoms. The molecule has 0 bridgehead atoms. The predicted octanol–water partition coefficient (Wildman–Crippen LogP) is 2.34. The molecule has 1 saturated carbocycles. The second-order valence-electron chi connectivity index (χ2n) is 8.99. The molecule has 1 aliphatic carbocycles. The van der Waals surface area contributed by atoms with Crippen molar-refractivity contribution in [3.05, 3.63) is 23.8 Å². The maximum atomic E-state index is 5.59. The quantitative estimate of drug-likeness (QED) is 0.267. The summed E-state index contributed by atoms with van der Waals surface area (Å²) in [6, 6.07) is 7.26. The van der Waals surface area contributed by atoms with E-state index in [2.05, 4.69) is 37.6 Å². The Balaban J connectivity index is 0.00000306. The van der Waals surface area contributed by atoms with Gasteiger partial charge in [-0.1, -0.05) is 6.07 Å². The summed E-state index contributed by atoms with van der Waals surface area (Å²) < 4.78 is 16.6. The van der Waals surface area contributed by atoms with E-state index in [1.54, 1.807) is 14.2 Å². The van der Waals surface area contributed by atoms with E-state index in [-0.39, 0.29) is 30.0 Å². The standard InChI is InChI=1S/C24H39N5O3.HI/c1-25-24(26-15-18-8-9-29(17-18)20-5-6-20)27-16-21(28-10-12-32-13-11-28)19-4-7-22(30-2)23(14-19)31-3;/h4,7,14,18,20-21H,5-6,8-13,15-17H2,1-3H3,(H2,25,26,27);1H. The van der Waals surface area contributed by atoms with Crippen molar-refractivity contribution in [1.29, 1.82) is 0 Å². The largest absolute Gasteiger partial charge is 0.493 e. The fourth-order valence-electron chi connectivity index (χ4n) is 4.86. The van der Waals surface area contributed by atoms with Crippen molar-refractivity contribution in [3.8, 4) is 11.5 Å². The summed E-state index contributed by atoms with van der Waals surface area (Å²) in [6.45, 7) is 7.54. The van der Waals surface area contributed by atoms with Gasteiger partial charge in [0.1, 0.15) is 0 Å². The lowest BCUT2D eigenvalue weighted by Gasteiger charge is -2.35. The number of nitrogens with zero attached hydrogens (tertiary/aromatic N) is 3. The third-order valence-electron chi connectivity index (χ3n) is 6.90. The summed E-state index contributed by atoms with van der Waals surface area (Å²) in [6.07, 6.45) is 4.06. The Hall–Kier alpha value is -1.30. The van der Waals surface area contributed by atoms with Gasteiger partial charge in [-0.05, 0) is 49.4 Å². The first kappa shape index (κ1) is 26.3. The van der Waals surface area contributed by atoms with E-state index in [9.17, 15) is 0 Å². The Morgan fingerprint density at radius 2 is 1.85 bits per heavy atom. The molecule has 0 radical (unpaired) electrons. The zero-order valence-electron chi connectivity index (χ0n) is 20.2. The van der Waals surface area contributed by atoms with Crippen molar-refractivity contribution < 1.29 is 14.2 Å². The molecule has 8 nitrogen and oxygen atoms in total. The molecular weight excluding hydrogens is 533 g/mol. The van der Waals surface area contributed by atoms with E-state index in [1.165, 1.54) is 37.9 Å². The van der Waals surface area contributed by atoms with Gasteiger partial charge in [0.05, 0.1) is 33.5 Å². The molecule has 4 rings (SSSR count). The van der Waals surface area contributed by atoms with Crippen LogP contribution in [0.15, 0.2) is 23.2 Å². The first-order chi connectivity index (χ1) is 15.7. The van der Waals surface area contributed by atoms with Gasteiger partial charge in [0.25, 0.3) is 0 Å². The molecule has 9 heteroatoms. The van der Waals surface area contributed by atoms with Crippen LogP contribution in [0.3, 0.4) is 0 Å². The van der Waals surface area contributed by atoms with E-state index in [0.29, 0.717) is 5.92 Å². The first-order valence-corrected chi connectivity index (χ1v) is 11.9. The zero-order chi connectivity index (χ0) is 22.3. The van der Waals surface area contributed by atoms with E-state index in [4.69, 9.17) is 14.2 Å². The summed E-state index contributed by atoms with van der Waals surface area (Å²) in [5.74, 6) is 3.08. The number of hydrogen-bond donors (Lipinski definition) is 2. The SMILES string of the molecule is CN=C(NCC1CCN(C2CC2)C1)NCC(c1ccc(OC)c(OC)c1)N1CCOCC1.I. The number of likely N-dealkylation sites (tertiary alicyclic amines) is 1. The lowest BCUT2D eigenvalue weighted by atomic mass is 10.0. The zero-order valence-corrected chi connectivity index (χ0v) is 22.5. The number of hydrogen-bond acceptors (Lipinski definition) is 6. The van der Waals surface area contributed by atoms with E-state index >= 15 is 0 Å². The highest BCUT2D eigenvalue weighted by Crippen LogP contribution is 2.33. The smallest absolute Gasteiger partial charge is 0.191 e. The number of aliphatic imine (C=N–C) groups is 1. The molecule has 0 spiro atoms. The van der Waals surface area contributed by atoms with Crippen LogP contribution in [0.1, 0.15) is 30.9 Å². The molecular formula is C24H40IN5O3. The topological polar surface area (TPSA) is 70.6 Å². The summed E-state index contributed by atoms with van der Waals surface area (Å²) in [4.78, 5) is 9.61. The third kappa shape index (κ3) is 7.10. The molecule has 2 saturated heterocycles. The Labute approximate surface area is 215 Å². The Kier molecular flexibility index (Phi) is 10.3. The van der Waals surface area contributed by atoms with Gasteiger partial charge in [-0.25, -0.2) is 0 Å². The molecule has 0 amide bonds. The molecule has 186 valence electrons. The van der Waals surface area contributed by atoms with Crippen molar-refractivity contribution in [3.63, 3.8) is 0 Å². The lowest BCUT2D eigenvalue weighted by Crippen LogP contribution is -2.47. The maximum Gasteiger partial charge on any atom is 0.191 e. The van der Waals surface area contributed by atoms with Crippen molar-refractivity contribution >= 4 is 29.9 Å². The van der Waals surface area contributed by atoms with Crippen molar-refractivity contribution in [2.45, 2.75) is 31.3 Å². The average molecular weight is 574 g/mol. The van der Waals surface area contributed by atoms with E-state index in [0.717, 1.165) is 62.9 Å². The van der Waals surface area contributed by atoms with E-state index < -0.39 is 0 Å². The summed E-state index contributed by atoms with van der Waals surface area (Å²) >= 11 is 0. The average Bonchev–Trinajstić information content (AvgIpc) is 3.59. The molecule has 2 N–H and O–H groups in total. The third-order valence-corrected chi connectivity index (χ3v) is 6.90. The lowest BCUT2D eigenvalue weighted by molar-refractivity contribution is 0.0169. The van der Waals surface area contributed by atoms with Gasteiger partial charge in [0.2, 0.25) is 0 Å². The molecule has 2 atom stereocenters. The van der Waals surface area contributed by atoms with Crippen LogP contribution >= 0.6 is 24.0 Å². The highest BCUT2D eigenvalue weighted by atomic mass is 127.